The summed E-state index contributed by atoms with van der Waals surface area (Å²) in [5.74, 6) is 2.46. The average Bonchev–Trinajstić information content (AvgIpc) is 2.04. The van der Waals surface area contributed by atoms with Crippen molar-refractivity contribution in [1.29, 1.82) is 0 Å². The molecule has 66 valence electrons. The molecule has 0 unspecified atom stereocenters. The Balaban J connectivity index is 2.65. The van der Waals surface area contributed by atoms with Gasteiger partial charge in [-0.05, 0) is 12.5 Å². The van der Waals surface area contributed by atoms with E-state index in [1.165, 1.54) is 5.56 Å². The van der Waals surface area contributed by atoms with Gasteiger partial charge in [0.2, 0.25) is 0 Å². The second-order valence-corrected chi connectivity index (χ2v) is 3.09. The Labute approximate surface area is 78.8 Å². The molecule has 0 aliphatic heterocycles. The number of carbonyl (C=O) groups is 1. The molecule has 0 bridgehead atoms. The monoisotopic (exact) mass is 172 g/mol. The number of aryl methyl sites for hydroxylation is 1. The molecule has 0 amide bonds. The number of Topliss-reactive ketones (excluding diaryl/α,β-unsaturated/α-hetero) is 1. The van der Waals surface area contributed by atoms with Crippen LogP contribution in [0.25, 0.3) is 0 Å². The molecule has 0 radical (unpaired) electrons. The third-order valence-corrected chi connectivity index (χ3v) is 1.78. The van der Waals surface area contributed by atoms with Gasteiger partial charge in [0.15, 0.2) is 0 Å². The third-order valence-electron chi connectivity index (χ3n) is 1.78. The van der Waals surface area contributed by atoms with Crippen molar-refractivity contribution in [3.63, 3.8) is 0 Å². The van der Waals surface area contributed by atoms with Gasteiger partial charge in [-0.3, -0.25) is 4.79 Å². The van der Waals surface area contributed by atoms with Crippen LogP contribution in [0.3, 0.4) is 0 Å². The largest absolute Gasteiger partial charge is 0.298 e. The second kappa shape index (κ2) is 4.47. The molecule has 1 rings (SSSR count). The Hall–Kier alpha value is -1.55. The van der Waals surface area contributed by atoms with E-state index in [9.17, 15) is 4.79 Å². The van der Waals surface area contributed by atoms with Crippen molar-refractivity contribution in [3.05, 3.63) is 35.4 Å². The summed E-state index contributed by atoms with van der Waals surface area (Å²) in [5.41, 5.74) is 2.21. The summed E-state index contributed by atoms with van der Waals surface area (Å²) in [7, 11) is 0. The van der Waals surface area contributed by atoms with Gasteiger partial charge >= 0.3 is 0 Å². The zero-order chi connectivity index (χ0) is 9.68. The van der Waals surface area contributed by atoms with E-state index in [1.54, 1.807) is 0 Å². The first-order valence-corrected chi connectivity index (χ1v) is 4.23. The highest BCUT2D eigenvalue weighted by atomic mass is 16.1. The van der Waals surface area contributed by atoms with Crippen LogP contribution in [0.1, 0.15) is 17.5 Å². The average molecular weight is 172 g/mol. The highest BCUT2D eigenvalue weighted by Crippen LogP contribution is 2.05. The first-order valence-electron chi connectivity index (χ1n) is 4.23. The predicted molar refractivity (Wildman–Crippen MR) is 53.3 cm³/mol. The van der Waals surface area contributed by atoms with E-state index >= 15 is 0 Å². The van der Waals surface area contributed by atoms with Gasteiger partial charge in [0, 0.05) is 6.42 Å². The van der Waals surface area contributed by atoms with Crippen molar-refractivity contribution in [1.82, 2.24) is 0 Å². The fraction of sp³-hybridized carbons (Fsp3) is 0.250. The van der Waals surface area contributed by atoms with Crippen molar-refractivity contribution in [2.24, 2.45) is 0 Å². The summed E-state index contributed by atoms with van der Waals surface area (Å²) in [4.78, 5) is 11.2. The number of rotatable bonds is 3. The van der Waals surface area contributed by atoms with Gasteiger partial charge in [0.25, 0.3) is 0 Å². The SMILES string of the molecule is C#CCC(=O)Cc1cccc(C)c1. The van der Waals surface area contributed by atoms with Crippen LogP contribution in [-0.2, 0) is 11.2 Å². The van der Waals surface area contributed by atoms with Gasteiger partial charge < -0.3 is 0 Å². The topological polar surface area (TPSA) is 17.1 Å². The zero-order valence-electron chi connectivity index (χ0n) is 7.71. The number of hydrogen-bond donors (Lipinski definition) is 0. The molecule has 0 aliphatic rings. The van der Waals surface area contributed by atoms with Crippen molar-refractivity contribution in [2.75, 3.05) is 0 Å². The number of terminal acetylenes is 1. The minimum Gasteiger partial charge on any atom is -0.298 e. The molecule has 0 spiro atoms. The van der Waals surface area contributed by atoms with Gasteiger partial charge in [0.05, 0.1) is 6.42 Å². The Kier molecular flexibility index (Phi) is 3.28. The van der Waals surface area contributed by atoms with Gasteiger partial charge in [0.1, 0.15) is 5.78 Å². The van der Waals surface area contributed by atoms with Crippen molar-refractivity contribution in [2.45, 2.75) is 19.8 Å². The number of hydrogen-bond acceptors (Lipinski definition) is 1. The lowest BCUT2D eigenvalue weighted by molar-refractivity contribution is -0.117. The standard InChI is InChI=1S/C12H12O/c1-3-5-12(13)9-11-7-4-6-10(2)8-11/h1,4,6-8H,5,9H2,2H3. The van der Waals surface area contributed by atoms with Crippen LogP contribution in [0.2, 0.25) is 0 Å². The number of carbonyl (C=O) groups excluding carboxylic acids is 1. The van der Waals surface area contributed by atoms with Crippen molar-refractivity contribution < 1.29 is 4.79 Å². The van der Waals surface area contributed by atoms with Crippen LogP contribution in [0, 0.1) is 19.3 Å². The van der Waals surface area contributed by atoms with Gasteiger partial charge in [-0.15, -0.1) is 6.42 Å². The van der Waals surface area contributed by atoms with Crippen molar-refractivity contribution >= 4 is 5.78 Å². The molecule has 0 heterocycles. The van der Waals surface area contributed by atoms with Crippen LogP contribution < -0.4 is 0 Å². The molecule has 1 heteroatoms. The third kappa shape index (κ3) is 3.13. The van der Waals surface area contributed by atoms with Crippen LogP contribution >= 0.6 is 0 Å². The Morgan fingerprint density at radius 2 is 2.31 bits per heavy atom. The minimum atomic E-state index is 0.105. The van der Waals surface area contributed by atoms with Gasteiger partial charge in [-0.1, -0.05) is 35.7 Å². The summed E-state index contributed by atoms with van der Waals surface area (Å²) in [5, 5.41) is 0. The Morgan fingerprint density at radius 3 is 2.92 bits per heavy atom. The summed E-state index contributed by atoms with van der Waals surface area (Å²) in [6.07, 6.45) is 5.72. The van der Waals surface area contributed by atoms with E-state index in [-0.39, 0.29) is 12.2 Å². The van der Waals surface area contributed by atoms with E-state index in [0.29, 0.717) is 6.42 Å². The van der Waals surface area contributed by atoms with E-state index < -0.39 is 0 Å². The molecular formula is C12H12O. The first kappa shape index (κ1) is 9.54. The lowest BCUT2D eigenvalue weighted by Gasteiger charge is -1.99. The molecule has 1 aromatic rings. The maximum absolute atomic E-state index is 11.2. The van der Waals surface area contributed by atoms with E-state index in [4.69, 9.17) is 6.42 Å². The molecular weight excluding hydrogens is 160 g/mol. The molecule has 1 nitrogen and oxygen atoms in total. The highest BCUT2D eigenvalue weighted by Gasteiger charge is 2.01. The molecule has 0 aromatic heterocycles. The maximum atomic E-state index is 11.2. The van der Waals surface area contributed by atoms with Crippen LogP contribution in [0.4, 0.5) is 0 Å². The summed E-state index contributed by atoms with van der Waals surface area (Å²) >= 11 is 0. The smallest absolute Gasteiger partial charge is 0.149 e. The lowest BCUT2D eigenvalue weighted by Crippen LogP contribution is -2.00. The normalized spacial score (nSPS) is 9.23. The van der Waals surface area contributed by atoms with E-state index in [0.717, 1.165) is 5.56 Å². The molecule has 1 aromatic carbocycles. The molecule has 0 atom stereocenters. The predicted octanol–water partition coefficient (Wildman–Crippen LogP) is 2.13. The lowest BCUT2D eigenvalue weighted by atomic mass is 10.1. The van der Waals surface area contributed by atoms with E-state index in [1.807, 2.05) is 31.2 Å². The maximum Gasteiger partial charge on any atom is 0.149 e. The fourth-order valence-corrected chi connectivity index (χ4v) is 1.23. The van der Waals surface area contributed by atoms with Crippen LogP contribution in [0.5, 0.6) is 0 Å². The Bertz CT molecular complexity index is 344. The zero-order valence-corrected chi connectivity index (χ0v) is 7.71. The Morgan fingerprint density at radius 1 is 1.54 bits per heavy atom. The van der Waals surface area contributed by atoms with E-state index in [2.05, 4.69) is 5.92 Å². The molecule has 0 saturated carbocycles. The van der Waals surface area contributed by atoms with Crippen LogP contribution in [0.15, 0.2) is 24.3 Å². The quantitative estimate of drug-likeness (QED) is 0.638. The molecule has 13 heavy (non-hydrogen) atoms. The molecule has 0 fully saturated rings. The minimum absolute atomic E-state index is 0.105. The molecule has 0 N–H and O–H groups in total. The summed E-state index contributed by atoms with van der Waals surface area (Å²) in [6.45, 7) is 2.01. The van der Waals surface area contributed by atoms with Gasteiger partial charge in [-0.25, -0.2) is 0 Å². The second-order valence-electron chi connectivity index (χ2n) is 3.09. The molecule has 0 saturated heterocycles. The fourth-order valence-electron chi connectivity index (χ4n) is 1.23. The highest BCUT2D eigenvalue weighted by molar-refractivity contribution is 5.82. The van der Waals surface area contributed by atoms with Gasteiger partial charge in [-0.2, -0.15) is 0 Å². The first-order chi connectivity index (χ1) is 6.22. The van der Waals surface area contributed by atoms with Crippen LogP contribution in [-0.4, -0.2) is 5.78 Å². The van der Waals surface area contributed by atoms with Crippen molar-refractivity contribution in [3.8, 4) is 12.3 Å². The summed E-state index contributed by atoms with van der Waals surface area (Å²) in [6, 6.07) is 7.92. The summed E-state index contributed by atoms with van der Waals surface area (Å²) < 4.78 is 0. The number of ketones is 1. The number of benzene rings is 1. The molecule has 0 aliphatic carbocycles.